The van der Waals surface area contributed by atoms with Crippen molar-refractivity contribution in [1.82, 2.24) is 4.98 Å². The summed E-state index contributed by atoms with van der Waals surface area (Å²) in [7, 11) is 0. The Morgan fingerprint density at radius 3 is 2.35 bits per heavy atom. The number of benzene rings is 2. The van der Waals surface area contributed by atoms with E-state index in [9.17, 15) is 0 Å². The van der Waals surface area contributed by atoms with Gasteiger partial charge in [0.1, 0.15) is 0 Å². The molecule has 0 atom stereocenters. The third-order valence-electron chi connectivity index (χ3n) is 3.65. The maximum absolute atomic E-state index is 4.40. The van der Waals surface area contributed by atoms with E-state index in [1.54, 1.807) is 0 Å². The quantitative estimate of drug-likeness (QED) is 0.629. The van der Waals surface area contributed by atoms with Crippen LogP contribution in [0.3, 0.4) is 0 Å². The van der Waals surface area contributed by atoms with Crippen molar-refractivity contribution in [3.8, 4) is 0 Å². The van der Waals surface area contributed by atoms with E-state index in [2.05, 4.69) is 67.4 Å². The van der Waals surface area contributed by atoms with Gasteiger partial charge in [-0.25, -0.2) is 0 Å². The summed E-state index contributed by atoms with van der Waals surface area (Å²) in [4.78, 5) is 4.40. The standard InChI is InChI=1S/C19H17N/c1-14-6-5-7-15(2)17(14)11-10-16-12-13-20-19-9-4-3-8-18(16)19/h3-13H,1-2H3/b11-10+. The van der Waals surface area contributed by atoms with E-state index >= 15 is 0 Å². The zero-order valence-corrected chi connectivity index (χ0v) is 11.8. The maximum atomic E-state index is 4.40. The second-order valence-corrected chi connectivity index (χ2v) is 5.06. The first-order valence-electron chi connectivity index (χ1n) is 6.84. The number of rotatable bonds is 2. The Hall–Kier alpha value is -2.41. The van der Waals surface area contributed by atoms with Crippen LogP contribution in [0.1, 0.15) is 22.3 Å². The van der Waals surface area contributed by atoms with E-state index < -0.39 is 0 Å². The highest BCUT2D eigenvalue weighted by Gasteiger charge is 2.00. The van der Waals surface area contributed by atoms with E-state index in [1.807, 2.05) is 18.3 Å². The molecule has 1 nitrogen and oxygen atoms in total. The number of hydrogen-bond donors (Lipinski definition) is 0. The number of pyridine rings is 1. The SMILES string of the molecule is Cc1cccc(C)c1/C=C/c1ccnc2ccccc12. The summed E-state index contributed by atoms with van der Waals surface area (Å²) < 4.78 is 0. The normalized spacial score (nSPS) is 11.3. The fraction of sp³-hybridized carbons (Fsp3) is 0.105. The van der Waals surface area contributed by atoms with Gasteiger partial charge in [-0.2, -0.15) is 0 Å². The van der Waals surface area contributed by atoms with Crippen molar-refractivity contribution in [3.05, 3.63) is 77.0 Å². The lowest BCUT2D eigenvalue weighted by Crippen LogP contribution is -1.86. The van der Waals surface area contributed by atoms with Gasteiger partial charge in [-0.3, -0.25) is 4.98 Å². The van der Waals surface area contributed by atoms with Gasteiger partial charge in [-0.15, -0.1) is 0 Å². The van der Waals surface area contributed by atoms with Crippen LogP contribution >= 0.6 is 0 Å². The highest BCUT2D eigenvalue weighted by atomic mass is 14.6. The van der Waals surface area contributed by atoms with Crippen LogP contribution in [0.25, 0.3) is 23.1 Å². The molecule has 0 spiro atoms. The topological polar surface area (TPSA) is 12.9 Å². The minimum atomic E-state index is 1.04. The molecule has 0 fully saturated rings. The van der Waals surface area contributed by atoms with Crippen molar-refractivity contribution < 1.29 is 0 Å². The molecule has 0 unspecified atom stereocenters. The largest absolute Gasteiger partial charge is 0.256 e. The minimum absolute atomic E-state index is 1.04. The molecule has 0 N–H and O–H groups in total. The zero-order chi connectivity index (χ0) is 13.9. The van der Waals surface area contributed by atoms with Crippen molar-refractivity contribution >= 4 is 23.1 Å². The van der Waals surface area contributed by atoms with Crippen molar-refractivity contribution in [3.63, 3.8) is 0 Å². The second-order valence-electron chi connectivity index (χ2n) is 5.06. The lowest BCUT2D eigenvalue weighted by molar-refractivity contribution is 1.36. The Labute approximate surface area is 119 Å². The third kappa shape index (κ3) is 2.35. The summed E-state index contributed by atoms with van der Waals surface area (Å²) in [5.41, 5.74) is 6.15. The predicted molar refractivity (Wildman–Crippen MR) is 86.6 cm³/mol. The van der Waals surface area contributed by atoms with Gasteiger partial charge >= 0.3 is 0 Å². The van der Waals surface area contributed by atoms with Crippen LogP contribution in [0, 0.1) is 13.8 Å². The van der Waals surface area contributed by atoms with Gasteiger partial charge in [0.25, 0.3) is 0 Å². The highest BCUT2D eigenvalue weighted by Crippen LogP contribution is 2.21. The molecule has 0 saturated carbocycles. The van der Waals surface area contributed by atoms with E-state index in [1.165, 1.54) is 27.6 Å². The Morgan fingerprint density at radius 1 is 0.800 bits per heavy atom. The van der Waals surface area contributed by atoms with Crippen LogP contribution in [-0.2, 0) is 0 Å². The molecule has 2 aromatic carbocycles. The zero-order valence-electron chi connectivity index (χ0n) is 11.8. The molecule has 0 aliphatic carbocycles. The van der Waals surface area contributed by atoms with Gasteiger partial charge in [-0.05, 0) is 48.2 Å². The van der Waals surface area contributed by atoms with Crippen LogP contribution in [-0.4, -0.2) is 4.98 Å². The number of nitrogens with zero attached hydrogens (tertiary/aromatic N) is 1. The van der Waals surface area contributed by atoms with Gasteiger partial charge < -0.3 is 0 Å². The third-order valence-corrected chi connectivity index (χ3v) is 3.65. The lowest BCUT2D eigenvalue weighted by atomic mass is 10.0. The average Bonchev–Trinajstić information content (AvgIpc) is 2.47. The minimum Gasteiger partial charge on any atom is -0.256 e. The highest BCUT2D eigenvalue weighted by molar-refractivity contribution is 5.90. The average molecular weight is 259 g/mol. The first-order chi connectivity index (χ1) is 9.75. The van der Waals surface area contributed by atoms with Crippen molar-refractivity contribution in [1.29, 1.82) is 0 Å². The van der Waals surface area contributed by atoms with E-state index in [4.69, 9.17) is 0 Å². The summed E-state index contributed by atoms with van der Waals surface area (Å²) in [6.45, 7) is 4.30. The maximum Gasteiger partial charge on any atom is 0.0707 e. The van der Waals surface area contributed by atoms with E-state index in [-0.39, 0.29) is 0 Å². The molecule has 98 valence electrons. The van der Waals surface area contributed by atoms with Crippen LogP contribution in [0.15, 0.2) is 54.7 Å². The van der Waals surface area contributed by atoms with Crippen LogP contribution < -0.4 is 0 Å². The number of aryl methyl sites for hydroxylation is 2. The molecular weight excluding hydrogens is 242 g/mol. The monoisotopic (exact) mass is 259 g/mol. The van der Waals surface area contributed by atoms with Gasteiger partial charge in [0, 0.05) is 11.6 Å². The Morgan fingerprint density at radius 2 is 1.55 bits per heavy atom. The molecule has 0 aliphatic rings. The molecule has 0 saturated heterocycles. The van der Waals surface area contributed by atoms with Gasteiger partial charge in [0.15, 0.2) is 0 Å². The molecular formula is C19H17N. The van der Waals surface area contributed by atoms with Gasteiger partial charge in [0.2, 0.25) is 0 Å². The van der Waals surface area contributed by atoms with Crippen LogP contribution in [0.2, 0.25) is 0 Å². The first kappa shape index (κ1) is 12.6. The molecule has 3 aromatic rings. The van der Waals surface area contributed by atoms with E-state index in [0.29, 0.717) is 0 Å². The Balaban J connectivity index is 2.07. The number of para-hydroxylation sites is 1. The Bertz CT molecular complexity index is 759. The van der Waals surface area contributed by atoms with Crippen molar-refractivity contribution in [2.45, 2.75) is 13.8 Å². The summed E-state index contributed by atoms with van der Waals surface area (Å²) in [6, 6.07) is 16.7. The summed E-state index contributed by atoms with van der Waals surface area (Å²) in [5, 5.41) is 1.19. The summed E-state index contributed by atoms with van der Waals surface area (Å²) in [5.74, 6) is 0. The van der Waals surface area contributed by atoms with Crippen LogP contribution in [0.4, 0.5) is 0 Å². The molecule has 1 heteroatoms. The molecule has 1 heterocycles. The fourth-order valence-corrected chi connectivity index (χ4v) is 2.53. The smallest absolute Gasteiger partial charge is 0.0707 e. The molecule has 0 radical (unpaired) electrons. The molecule has 3 rings (SSSR count). The predicted octanol–water partition coefficient (Wildman–Crippen LogP) is 5.02. The molecule has 20 heavy (non-hydrogen) atoms. The second kappa shape index (κ2) is 5.30. The van der Waals surface area contributed by atoms with Crippen molar-refractivity contribution in [2.75, 3.05) is 0 Å². The molecule has 0 amide bonds. The van der Waals surface area contributed by atoms with Crippen molar-refractivity contribution in [2.24, 2.45) is 0 Å². The number of aromatic nitrogens is 1. The number of fused-ring (bicyclic) bond motifs is 1. The van der Waals surface area contributed by atoms with Gasteiger partial charge in [0.05, 0.1) is 5.52 Å². The Kier molecular flexibility index (Phi) is 3.34. The van der Waals surface area contributed by atoms with Crippen LogP contribution in [0.5, 0.6) is 0 Å². The fourth-order valence-electron chi connectivity index (χ4n) is 2.53. The summed E-state index contributed by atoms with van der Waals surface area (Å²) >= 11 is 0. The summed E-state index contributed by atoms with van der Waals surface area (Å²) in [6.07, 6.45) is 6.25. The molecule has 0 bridgehead atoms. The van der Waals surface area contributed by atoms with Gasteiger partial charge in [-0.1, -0.05) is 48.6 Å². The number of hydrogen-bond acceptors (Lipinski definition) is 1. The molecule has 1 aromatic heterocycles. The van der Waals surface area contributed by atoms with E-state index in [0.717, 1.165) is 5.52 Å². The lowest BCUT2D eigenvalue weighted by Gasteiger charge is -2.05. The molecule has 0 aliphatic heterocycles. The first-order valence-corrected chi connectivity index (χ1v) is 6.84.